The molecule has 0 fully saturated rings. The van der Waals surface area contributed by atoms with Gasteiger partial charge in [-0.1, -0.05) is 19.8 Å². The van der Waals surface area contributed by atoms with Crippen LogP contribution >= 0.6 is 8.03 Å². The van der Waals surface area contributed by atoms with Crippen molar-refractivity contribution in [3.8, 4) is 0 Å². The molecule has 0 heterocycles. The normalized spacial score (nSPS) is 10.4. The Kier molecular flexibility index (Phi) is 12.7. The first kappa shape index (κ1) is 13.2. The van der Waals surface area contributed by atoms with Gasteiger partial charge in [-0.3, -0.25) is 0 Å². The molecule has 0 aliphatic rings. The van der Waals surface area contributed by atoms with Gasteiger partial charge in [0.1, 0.15) is 0 Å². The molecule has 0 saturated heterocycles. The number of hydrogen-bond acceptors (Lipinski definition) is 1. The van der Waals surface area contributed by atoms with E-state index in [0.29, 0.717) is 6.16 Å². The van der Waals surface area contributed by atoms with Gasteiger partial charge in [0, 0.05) is 17.4 Å². The molecule has 10 heavy (non-hydrogen) atoms. The van der Waals surface area contributed by atoms with Crippen molar-refractivity contribution in [2.75, 3.05) is 6.16 Å². The second kappa shape index (κ2) is 9.59. The molecule has 0 amide bonds. The molecule has 2 nitrogen and oxygen atoms in total. The van der Waals surface area contributed by atoms with E-state index in [-0.39, 0.29) is 17.4 Å². The first-order valence-electron chi connectivity index (χ1n) is 3.41. The zero-order valence-electron chi connectivity index (χ0n) is 6.25. The van der Waals surface area contributed by atoms with Crippen LogP contribution in [-0.2, 0) is 21.9 Å². The summed E-state index contributed by atoms with van der Waals surface area (Å²) < 4.78 is 10.1. The fraction of sp³-hybridized carbons (Fsp3) is 1.00. The van der Waals surface area contributed by atoms with Gasteiger partial charge < -0.3 is 0 Å². The molecule has 1 N–H and O–H groups in total. The quantitative estimate of drug-likeness (QED) is 0.547. The van der Waals surface area contributed by atoms with Crippen molar-refractivity contribution in [3.05, 3.63) is 0 Å². The van der Waals surface area contributed by atoms with E-state index in [1.165, 1.54) is 12.8 Å². The third kappa shape index (κ3) is 11.4. The Morgan fingerprint density at radius 3 is 2.30 bits per heavy atom. The van der Waals surface area contributed by atoms with Crippen LogP contribution in [0.15, 0.2) is 0 Å². The van der Waals surface area contributed by atoms with E-state index in [0.717, 1.165) is 12.8 Å². The van der Waals surface area contributed by atoms with Gasteiger partial charge in [0.25, 0.3) is 0 Å². The topological polar surface area (TPSA) is 37.3 Å². The van der Waals surface area contributed by atoms with Gasteiger partial charge in [-0.25, -0.2) is 0 Å². The standard InChI is InChI=1S/C6H13O2P.Cr/c1-2-3-4-5-6-9(7)8;/h2-6H2,1H3;/p+1. The molecule has 0 aromatic carbocycles. The molecule has 1 unspecified atom stereocenters. The molecule has 0 bridgehead atoms. The third-order valence-corrected chi connectivity index (χ3v) is 1.90. The van der Waals surface area contributed by atoms with E-state index in [1.807, 2.05) is 0 Å². The fourth-order valence-electron chi connectivity index (χ4n) is 0.674. The first-order valence-corrected chi connectivity index (χ1v) is 4.80. The van der Waals surface area contributed by atoms with Crippen molar-refractivity contribution >= 4 is 8.03 Å². The fourth-order valence-corrected chi connectivity index (χ4v) is 1.17. The summed E-state index contributed by atoms with van der Waals surface area (Å²) in [6.45, 7) is 2.12. The maximum Gasteiger partial charge on any atom is 0.505 e. The second-order valence-electron chi connectivity index (χ2n) is 2.14. The monoisotopic (exact) mass is 201 g/mol. The van der Waals surface area contributed by atoms with E-state index in [1.54, 1.807) is 0 Å². The largest absolute Gasteiger partial charge is 0.505 e. The van der Waals surface area contributed by atoms with Gasteiger partial charge in [-0.05, 0) is 17.4 Å². The van der Waals surface area contributed by atoms with Gasteiger partial charge in [0.05, 0.1) is 0 Å². The molecule has 0 aromatic heterocycles. The summed E-state index contributed by atoms with van der Waals surface area (Å²) in [4.78, 5) is 8.36. The summed E-state index contributed by atoms with van der Waals surface area (Å²) in [5.74, 6) is 0. The predicted molar refractivity (Wildman–Crippen MR) is 38.8 cm³/mol. The molecule has 0 aliphatic heterocycles. The van der Waals surface area contributed by atoms with Gasteiger partial charge in [0.15, 0.2) is 6.16 Å². The first-order chi connectivity index (χ1) is 4.27. The van der Waals surface area contributed by atoms with Crippen molar-refractivity contribution < 1.29 is 26.8 Å². The summed E-state index contributed by atoms with van der Waals surface area (Å²) in [5, 5.41) is 0. The van der Waals surface area contributed by atoms with Crippen LogP contribution in [0.1, 0.15) is 32.6 Å². The predicted octanol–water partition coefficient (Wildman–Crippen LogP) is 2.30. The Labute approximate surface area is 74.0 Å². The smallest absolute Gasteiger partial charge is 0.161 e. The molecular formula is C6H14CrO2P+. The average molecular weight is 201 g/mol. The van der Waals surface area contributed by atoms with Crippen LogP contribution in [0.2, 0.25) is 0 Å². The molecule has 0 rings (SSSR count). The molecule has 0 aliphatic carbocycles. The van der Waals surface area contributed by atoms with Crippen molar-refractivity contribution in [2.45, 2.75) is 32.6 Å². The third-order valence-electron chi connectivity index (χ3n) is 1.20. The van der Waals surface area contributed by atoms with Gasteiger partial charge in [-0.15, -0.1) is 0 Å². The van der Waals surface area contributed by atoms with Gasteiger partial charge in [-0.2, -0.15) is 4.89 Å². The van der Waals surface area contributed by atoms with Crippen LogP contribution in [0.3, 0.4) is 0 Å². The minimum Gasteiger partial charge on any atom is -0.161 e. The van der Waals surface area contributed by atoms with E-state index >= 15 is 0 Å². The summed E-state index contributed by atoms with van der Waals surface area (Å²) in [5.41, 5.74) is 0. The molecule has 1 atom stereocenters. The average Bonchev–Trinajstić information content (AvgIpc) is 1.80. The van der Waals surface area contributed by atoms with E-state index in [4.69, 9.17) is 4.89 Å². The molecule has 0 aromatic rings. The zero-order valence-corrected chi connectivity index (χ0v) is 8.42. The molecule has 0 radical (unpaired) electrons. The maximum atomic E-state index is 10.1. The van der Waals surface area contributed by atoms with Crippen molar-refractivity contribution in [2.24, 2.45) is 0 Å². The van der Waals surface area contributed by atoms with E-state index in [2.05, 4.69) is 6.92 Å². The van der Waals surface area contributed by atoms with Gasteiger partial charge >= 0.3 is 8.03 Å². The Balaban J connectivity index is 0. The minimum absolute atomic E-state index is 0. The summed E-state index contributed by atoms with van der Waals surface area (Å²) in [7, 11) is -1.87. The Morgan fingerprint density at radius 2 is 1.90 bits per heavy atom. The van der Waals surface area contributed by atoms with Crippen molar-refractivity contribution in [1.29, 1.82) is 0 Å². The van der Waals surface area contributed by atoms with Crippen LogP contribution < -0.4 is 0 Å². The van der Waals surface area contributed by atoms with Crippen molar-refractivity contribution in [1.82, 2.24) is 0 Å². The summed E-state index contributed by atoms with van der Waals surface area (Å²) in [6, 6.07) is 0. The zero-order chi connectivity index (χ0) is 7.11. The number of hydrogen-bond donors (Lipinski definition) is 1. The van der Waals surface area contributed by atoms with Crippen LogP contribution in [0.5, 0.6) is 0 Å². The molecule has 0 spiro atoms. The van der Waals surface area contributed by atoms with Gasteiger partial charge in [0.2, 0.25) is 0 Å². The number of unbranched alkanes of at least 4 members (excludes halogenated alkanes) is 3. The Morgan fingerprint density at radius 1 is 1.30 bits per heavy atom. The maximum absolute atomic E-state index is 10.1. The summed E-state index contributed by atoms with van der Waals surface area (Å²) >= 11 is 0. The van der Waals surface area contributed by atoms with E-state index in [9.17, 15) is 4.57 Å². The van der Waals surface area contributed by atoms with Crippen LogP contribution in [-0.4, -0.2) is 11.1 Å². The molecule has 60 valence electrons. The van der Waals surface area contributed by atoms with Crippen molar-refractivity contribution in [3.63, 3.8) is 0 Å². The minimum atomic E-state index is -1.87. The second-order valence-corrected chi connectivity index (χ2v) is 3.29. The van der Waals surface area contributed by atoms with E-state index < -0.39 is 8.03 Å². The molecule has 0 saturated carbocycles. The van der Waals surface area contributed by atoms with Crippen LogP contribution in [0.25, 0.3) is 0 Å². The summed E-state index contributed by atoms with van der Waals surface area (Å²) in [6.07, 6.45) is 4.85. The molecule has 4 heteroatoms. The van der Waals surface area contributed by atoms with Crippen LogP contribution in [0, 0.1) is 0 Å². The Hall–Kier alpha value is 0.592. The SMILES string of the molecule is CCCCCC[P+](=O)O.[Cr]. The van der Waals surface area contributed by atoms with Crippen LogP contribution in [0.4, 0.5) is 0 Å². The Bertz CT molecular complexity index is 87.8. The molecular weight excluding hydrogens is 187 g/mol. The number of rotatable bonds is 5.